The Hall–Kier alpha value is -2.73. The summed E-state index contributed by atoms with van der Waals surface area (Å²) < 4.78 is 10.4. The fraction of sp³-hybridized carbons (Fsp3) is 0.111. The Morgan fingerprint density at radius 2 is 2.04 bits per heavy atom. The number of thioether (sulfide) groups is 1. The van der Waals surface area contributed by atoms with Crippen LogP contribution in [0.2, 0.25) is 0 Å². The number of hydrogen-bond acceptors (Lipinski definition) is 5. The van der Waals surface area contributed by atoms with Gasteiger partial charge >= 0.3 is 0 Å². The molecule has 0 radical (unpaired) electrons. The molecule has 0 atom stereocenters. The Morgan fingerprint density at radius 3 is 2.75 bits per heavy atom. The molecular weight excluding hydrogens is 324 g/mol. The molecule has 1 aromatic carbocycles. The summed E-state index contributed by atoms with van der Waals surface area (Å²) >= 11 is 1.65. The van der Waals surface area contributed by atoms with Crippen molar-refractivity contribution in [3.63, 3.8) is 0 Å². The van der Waals surface area contributed by atoms with Gasteiger partial charge in [0.05, 0.1) is 25.3 Å². The molecule has 122 valence electrons. The van der Waals surface area contributed by atoms with E-state index in [4.69, 9.17) is 9.15 Å². The molecular formula is C18H16N2O3S. The monoisotopic (exact) mass is 340 g/mol. The Bertz CT molecular complexity index is 801. The van der Waals surface area contributed by atoms with E-state index in [0.717, 1.165) is 10.5 Å². The number of benzene rings is 1. The van der Waals surface area contributed by atoms with Crippen LogP contribution in [-0.4, -0.2) is 18.0 Å². The molecule has 3 rings (SSSR count). The van der Waals surface area contributed by atoms with Crippen LogP contribution < -0.4 is 10.1 Å². The van der Waals surface area contributed by atoms with E-state index in [2.05, 4.69) is 10.3 Å². The van der Waals surface area contributed by atoms with Gasteiger partial charge in [0.2, 0.25) is 5.88 Å². The highest BCUT2D eigenvalue weighted by atomic mass is 32.2. The van der Waals surface area contributed by atoms with Crippen LogP contribution in [0.3, 0.4) is 0 Å². The normalized spacial score (nSPS) is 10.4. The summed E-state index contributed by atoms with van der Waals surface area (Å²) in [6.07, 6.45) is 3.07. The second kappa shape index (κ2) is 7.70. The Morgan fingerprint density at radius 1 is 1.21 bits per heavy atom. The van der Waals surface area contributed by atoms with E-state index in [1.807, 2.05) is 36.4 Å². The first-order valence-electron chi connectivity index (χ1n) is 7.32. The van der Waals surface area contributed by atoms with Crippen LogP contribution in [0.5, 0.6) is 5.88 Å². The van der Waals surface area contributed by atoms with Crippen LogP contribution >= 0.6 is 11.8 Å². The third-order valence-electron chi connectivity index (χ3n) is 3.29. The number of carbonyl (C=O) groups excluding carboxylic acids is 1. The maximum absolute atomic E-state index is 12.4. The molecule has 1 N–H and O–H groups in total. The number of rotatable bonds is 6. The summed E-state index contributed by atoms with van der Waals surface area (Å²) in [5.74, 6) is 1.17. The fourth-order valence-corrected chi connectivity index (χ4v) is 2.99. The van der Waals surface area contributed by atoms with E-state index in [1.54, 1.807) is 31.0 Å². The molecule has 0 bridgehead atoms. The first-order valence-corrected chi connectivity index (χ1v) is 8.30. The number of amides is 1. The zero-order valence-corrected chi connectivity index (χ0v) is 13.9. The summed E-state index contributed by atoms with van der Waals surface area (Å²) in [5, 5.41) is 2.77. The summed E-state index contributed by atoms with van der Waals surface area (Å²) in [6, 6.07) is 15.3. The van der Waals surface area contributed by atoms with Crippen LogP contribution in [0, 0.1) is 0 Å². The molecule has 0 spiro atoms. The molecule has 0 unspecified atom stereocenters. The summed E-state index contributed by atoms with van der Waals surface area (Å²) in [7, 11) is 1.54. The van der Waals surface area contributed by atoms with Gasteiger partial charge < -0.3 is 14.5 Å². The maximum Gasteiger partial charge on any atom is 0.291 e. The van der Waals surface area contributed by atoms with Gasteiger partial charge in [-0.3, -0.25) is 4.79 Å². The number of furan rings is 1. The molecule has 3 aromatic rings. The number of methoxy groups -OCH3 is 1. The molecule has 0 aliphatic rings. The van der Waals surface area contributed by atoms with Crippen LogP contribution in [0.1, 0.15) is 16.1 Å². The number of hydrogen-bond donors (Lipinski definition) is 1. The van der Waals surface area contributed by atoms with Gasteiger partial charge in [0.1, 0.15) is 0 Å². The number of ether oxygens (including phenoxy) is 1. The van der Waals surface area contributed by atoms with Crippen molar-refractivity contribution in [2.24, 2.45) is 0 Å². The quantitative estimate of drug-likeness (QED) is 0.680. The second-order valence-corrected chi connectivity index (χ2v) is 5.97. The lowest BCUT2D eigenvalue weighted by Gasteiger charge is -2.06. The van der Waals surface area contributed by atoms with Crippen LogP contribution in [0.15, 0.2) is 70.3 Å². The fourth-order valence-electron chi connectivity index (χ4n) is 2.09. The van der Waals surface area contributed by atoms with E-state index < -0.39 is 0 Å². The van der Waals surface area contributed by atoms with Gasteiger partial charge in [-0.2, -0.15) is 0 Å². The van der Waals surface area contributed by atoms with E-state index in [9.17, 15) is 4.79 Å². The predicted octanol–water partition coefficient (Wildman–Crippen LogP) is 4.23. The minimum absolute atomic E-state index is 0.296. The largest absolute Gasteiger partial charge is 0.481 e. The molecule has 1 amide bonds. The first kappa shape index (κ1) is 16.1. The van der Waals surface area contributed by atoms with Crippen LogP contribution in [0.4, 0.5) is 5.69 Å². The third-order valence-corrected chi connectivity index (χ3v) is 4.35. The highest BCUT2D eigenvalue weighted by molar-refractivity contribution is 7.98. The van der Waals surface area contributed by atoms with Crippen molar-refractivity contribution in [3.05, 3.63) is 72.3 Å². The zero-order valence-electron chi connectivity index (χ0n) is 13.1. The van der Waals surface area contributed by atoms with E-state index >= 15 is 0 Å². The molecule has 2 heterocycles. The summed E-state index contributed by atoms with van der Waals surface area (Å²) in [5.41, 5.74) is 1.43. The smallest absolute Gasteiger partial charge is 0.291 e. The van der Waals surface area contributed by atoms with Crippen molar-refractivity contribution < 1.29 is 13.9 Å². The number of nitrogens with one attached hydrogen (secondary N) is 1. The average Bonchev–Trinajstić information content (AvgIpc) is 3.10. The number of anilines is 1. The second-order valence-electron chi connectivity index (χ2n) is 4.92. The number of carbonyl (C=O) groups is 1. The Balaban J connectivity index is 1.66. The van der Waals surface area contributed by atoms with E-state index in [1.165, 1.54) is 12.5 Å². The Kier molecular flexibility index (Phi) is 5.18. The van der Waals surface area contributed by atoms with Gasteiger partial charge in [0.25, 0.3) is 5.91 Å². The van der Waals surface area contributed by atoms with Gasteiger partial charge in [0.15, 0.2) is 5.76 Å². The van der Waals surface area contributed by atoms with Gasteiger partial charge in [-0.05, 0) is 24.3 Å². The van der Waals surface area contributed by atoms with Crippen molar-refractivity contribution in [2.45, 2.75) is 10.6 Å². The molecule has 0 saturated carbocycles. The molecule has 0 saturated heterocycles. The lowest BCUT2D eigenvalue weighted by molar-refractivity contribution is 0.0995. The third kappa shape index (κ3) is 3.97. The van der Waals surface area contributed by atoms with Crippen LogP contribution in [-0.2, 0) is 5.75 Å². The molecule has 0 aliphatic carbocycles. The highest BCUT2D eigenvalue weighted by Crippen LogP contribution is 2.25. The topological polar surface area (TPSA) is 64.4 Å². The number of aromatic nitrogens is 1. The SMILES string of the molecule is COc1ccc(NC(=O)c2occc2CSc2ccccc2)cn1. The molecule has 2 aromatic heterocycles. The van der Waals surface area contributed by atoms with Gasteiger partial charge in [-0.25, -0.2) is 4.98 Å². The minimum Gasteiger partial charge on any atom is -0.481 e. The molecule has 0 aliphatic heterocycles. The van der Waals surface area contributed by atoms with Crippen LogP contribution in [0.25, 0.3) is 0 Å². The molecule has 6 heteroatoms. The van der Waals surface area contributed by atoms with Crippen molar-refractivity contribution in [1.82, 2.24) is 4.98 Å². The summed E-state index contributed by atoms with van der Waals surface area (Å²) in [4.78, 5) is 17.6. The lowest BCUT2D eigenvalue weighted by Crippen LogP contribution is -2.12. The van der Waals surface area contributed by atoms with Crippen molar-refractivity contribution in [2.75, 3.05) is 12.4 Å². The van der Waals surface area contributed by atoms with Gasteiger partial charge in [-0.1, -0.05) is 18.2 Å². The standard InChI is InChI=1S/C18H16N2O3S/c1-22-16-8-7-14(11-19-16)20-18(21)17-13(9-10-23-17)12-24-15-5-3-2-4-6-15/h2-11H,12H2,1H3,(H,20,21). The average molecular weight is 340 g/mol. The zero-order chi connectivity index (χ0) is 16.8. The van der Waals surface area contributed by atoms with Gasteiger partial charge in [-0.15, -0.1) is 11.8 Å². The van der Waals surface area contributed by atoms with Gasteiger partial charge in [0, 0.05) is 22.3 Å². The van der Waals surface area contributed by atoms with Crippen molar-refractivity contribution >= 4 is 23.4 Å². The summed E-state index contributed by atoms with van der Waals surface area (Å²) in [6.45, 7) is 0. The Labute approximate surface area is 144 Å². The maximum atomic E-state index is 12.4. The lowest BCUT2D eigenvalue weighted by atomic mass is 10.2. The first-order chi connectivity index (χ1) is 11.8. The highest BCUT2D eigenvalue weighted by Gasteiger charge is 2.16. The number of pyridine rings is 1. The van der Waals surface area contributed by atoms with Crippen molar-refractivity contribution in [3.8, 4) is 5.88 Å². The predicted molar refractivity (Wildman–Crippen MR) is 93.5 cm³/mol. The molecule has 5 nitrogen and oxygen atoms in total. The molecule has 24 heavy (non-hydrogen) atoms. The van der Waals surface area contributed by atoms with E-state index in [-0.39, 0.29) is 5.91 Å². The molecule has 0 fully saturated rings. The van der Waals surface area contributed by atoms with Crippen molar-refractivity contribution in [1.29, 1.82) is 0 Å². The number of nitrogens with zero attached hydrogens (tertiary/aromatic N) is 1. The minimum atomic E-state index is -0.296. The van der Waals surface area contributed by atoms with E-state index in [0.29, 0.717) is 23.1 Å².